The average Bonchev–Trinajstić information content (AvgIpc) is 2.71. The molecule has 3 N–H and O–H groups in total. The number of carbonyl (C=O) groups excluding carboxylic acids is 1. The lowest BCUT2D eigenvalue weighted by atomic mass is 10.0. The maximum Gasteiger partial charge on any atom is 0.237 e. The zero-order chi connectivity index (χ0) is 13.3. The Kier molecular flexibility index (Phi) is 3.41. The molecule has 4 heteroatoms. The van der Waals surface area contributed by atoms with E-state index in [-0.39, 0.29) is 11.9 Å². The van der Waals surface area contributed by atoms with Crippen molar-refractivity contribution in [2.75, 3.05) is 0 Å². The van der Waals surface area contributed by atoms with Crippen LogP contribution in [0.2, 0.25) is 0 Å². The van der Waals surface area contributed by atoms with Gasteiger partial charge in [0, 0.05) is 15.6 Å². The molecule has 1 atom stereocenters. The van der Waals surface area contributed by atoms with Gasteiger partial charge in [-0.3, -0.25) is 10.1 Å². The van der Waals surface area contributed by atoms with Crippen LogP contribution in [-0.2, 0) is 4.79 Å². The molecular formula is C14H18N2OS. The summed E-state index contributed by atoms with van der Waals surface area (Å²) in [7, 11) is 0. The van der Waals surface area contributed by atoms with Crippen LogP contribution in [0.1, 0.15) is 31.7 Å². The molecule has 0 aliphatic heterocycles. The minimum absolute atomic E-state index is 0.102. The van der Waals surface area contributed by atoms with Gasteiger partial charge in [0.1, 0.15) is 0 Å². The summed E-state index contributed by atoms with van der Waals surface area (Å²) >= 11 is 1.74. The molecule has 1 aromatic carbocycles. The molecule has 96 valence electrons. The number of thiophene rings is 1. The van der Waals surface area contributed by atoms with E-state index >= 15 is 0 Å². The zero-order valence-electron chi connectivity index (χ0n) is 10.9. The van der Waals surface area contributed by atoms with Crippen LogP contribution in [0, 0.1) is 0 Å². The van der Waals surface area contributed by atoms with Crippen LogP contribution in [0.25, 0.3) is 10.1 Å². The van der Waals surface area contributed by atoms with Crippen molar-refractivity contribution in [1.82, 2.24) is 5.32 Å². The third-order valence-corrected chi connectivity index (χ3v) is 4.36. The van der Waals surface area contributed by atoms with E-state index in [0.717, 1.165) is 0 Å². The second kappa shape index (κ2) is 4.71. The highest BCUT2D eigenvalue weighted by Crippen LogP contribution is 2.30. The topological polar surface area (TPSA) is 55.1 Å². The van der Waals surface area contributed by atoms with Gasteiger partial charge in [0.15, 0.2) is 0 Å². The Morgan fingerprint density at radius 2 is 2.06 bits per heavy atom. The van der Waals surface area contributed by atoms with Crippen LogP contribution in [0.15, 0.2) is 30.3 Å². The number of fused-ring (bicyclic) bond motifs is 1. The van der Waals surface area contributed by atoms with Gasteiger partial charge in [0.2, 0.25) is 5.91 Å². The highest BCUT2D eigenvalue weighted by molar-refractivity contribution is 7.19. The Balaban J connectivity index is 2.23. The molecule has 2 rings (SSSR count). The van der Waals surface area contributed by atoms with Gasteiger partial charge in [-0.05, 0) is 38.3 Å². The smallest absolute Gasteiger partial charge is 0.237 e. The average molecular weight is 262 g/mol. The number of amides is 1. The quantitative estimate of drug-likeness (QED) is 0.890. The van der Waals surface area contributed by atoms with E-state index in [0.29, 0.717) is 0 Å². The second-order valence-corrected chi connectivity index (χ2v) is 6.16. The highest BCUT2D eigenvalue weighted by Gasteiger charge is 2.27. The monoisotopic (exact) mass is 262 g/mol. The van der Waals surface area contributed by atoms with E-state index in [2.05, 4.69) is 30.4 Å². The molecule has 0 fully saturated rings. The first-order chi connectivity index (χ1) is 8.40. The summed E-state index contributed by atoms with van der Waals surface area (Å²) in [6, 6.07) is 10.5. The Hall–Kier alpha value is -1.39. The number of nitrogens with two attached hydrogens (primary N) is 1. The molecule has 1 heterocycles. The largest absolute Gasteiger partial charge is 0.368 e. The van der Waals surface area contributed by atoms with Gasteiger partial charge in [0.05, 0.1) is 5.54 Å². The lowest BCUT2D eigenvalue weighted by molar-refractivity contribution is -0.123. The van der Waals surface area contributed by atoms with E-state index in [1.807, 2.05) is 12.1 Å². The van der Waals surface area contributed by atoms with E-state index in [1.54, 1.807) is 25.2 Å². The summed E-state index contributed by atoms with van der Waals surface area (Å²) in [6.45, 7) is 5.66. The predicted octanol–water partition coefficient (Wildman–Crippen LogP) is 2.82. The third kappa shape index (κ3) is 2.54. The van der Waals surface area contributed by atoms with Crippen molar-refractivity contribution in [1.29, 1.82) is 0 Å². The molecule has 3 nitrogen and oxygen atoms in total. The lowest BCUT2D eigenvalue weighted by Crippen LogP contribution is -2.51. The molecule has 0 saturated carbocycles. The number of benzene rings is 1. The summed E-state index contributed by atoms with van der Waals surface area (Å²) < 4.78 is 1.26. The number of primary amides is 1. The van der Waals surface area contributed by atoms with Crippen LogP contribution >= 0.6 is 11.3 Å². The number of nitrogens with one attached hydrogen (secondary N) is 1. The van der Waals surface area contributed by atoms with Gasteiger partial charge < -0.3 is 5.73 Å². The first-order valence-electron chi connectivity index (χ1n) is 5.96. The molecule has 0 saturated heterocycles. The van der Waals surface area contributed by atoms with Crippen molar-refractivity contribution in [3.05, 3.63) is 35.2 Å². The zero-order valence-corrected chi connectivity index (χ0v) is 11.7. The third-order valence-electron chi connectivity index (χ3n) is 3.06. The van der Waals surface area contributed by atoms with Crippen molar-refractivity contribution < 1.29 is 4.79 Å². The Morgan fingerprint density at radius 3 is 2.67 bits per heavy atom. The Morgan fingerprint density at radius 1 is 1.39 bits per heavy atom. The number of carbonyl (C=O) groups is 1. The summed E-state index contributed by atoms with van der Waals surface area (Å²) in [5.41, 5.74) is 4.67. The van der Waals surface area contributed by atoms with Crippen LogP contribution in [0.5, 0.6) is 0 Å². The predicted molar refractivity (Wildman–Crippen MR) is 76.6 cm³/mol. The molecule has 1 unspecified atom stereocenters. The molecule has 0 aliphatic rings. The summed E-state index contributed by atoms with van der Waals surface area (Å²) in [5.74, 6) is -0.338. The van der Waals surface area contributed by atoms with Crippen molar-refractivity contribution >= 4 is 27.3 Å². The molecule has 0 spiro atoms. The minimum atomic E-state index is -0.699. The first-order valence-corrected chi connectivity index (χ1v) is 6.78. The Bertz CT molecular complexity index is 541. The molecule has 1 aromatic heterocycles. The molecule has 0 radical (unpaired) electrons. The van der Waals surface area contributed by atoms with E-state index in [9.17, 15) is 4.79 Å². The standard InChI is InChI=1S/C14H18N2OS/c1-9(16-14(2,3)13(15)17)12-8-10-6-4-5-7-11(10)18-12/h4-9,16H,1-3H3,(H2,15,17). The van der Waals surface area contributed by atoms with Crippen molar-refractivity contribution in [3.8, 4) is 0 Å². The minimum Gasteiger partial charge on any atom is -0.368 e. The number of hydrogen-bond acceptors (Lipinski definition) is 3. The van der Waals surface area contributed by atoms with Crippen molar-refractivity contribution in [2.24, 2.45) is 5.73 Å². The first kappa shape index (κ1) is 13.1. The molecule has 0 aliphatic carbocycles. The van der Waals surface area contributed by atoms with Crippen LogP contribution in [0.4, 0.5) is 0 Å². The summed E-state index contributed by atoms with van der Waals surface area (Å²) in [6.07, 6.45) is 0. The molecule has 0 bridgehead atoms. The van der Waals surface area contributed by atoms with Gasteiger partial charge >= 0.3 is 0 Å². The van der Waals surface area contributed by atoms with E-state index in [1.165, 1.54) is 15.0 Å². The van der Waals surface area contributed by atoms with Gasteiger partial charge in [-0.15, -0.1) is 11.3 Å². The van der Waals surface area contributed by atoms with Crippen molar-refractivity contribution in [3.63, 3.8) is 0 Å². The second-order valence-electron chi connectivity index (χ2n) is 5.04. The summed E-state index contributed by atoms with van der Waals surface area (Å²) in [4.78, 5) is 12.5. The molecule has 18 heavy (non-hydrogen) atoms. The fraction of sp³-hybridized carbons (Fsp3) is 0.357. The van der Waals surface area contributed by atoms with Gasteiger partial charge in [-0.1, -0.05) is 18.2 Å². The Labute approximate surface area is 111 Å². The maximum absolute atomic E-state index is 11.3. The molecule has 1 amide bonds. The fourth-order valence-corrected chi connectivity index (χ4v) is 2.97. The fourth-order valence-electron chi connectivity index (χ4n) is 1.90. The number of hydrogen-bond donors (Lipinski definition) is 2. The summed E-state index contributed by atoms with van der Waals surface area (Å²) in [5, 5.41) is 4.51. The van der Waals surface area contributed by atoms with Crippen LogP contribution in [0.3, 0.4) is 0 Å². The van der Waals surface area contributed by atoms with Gasteiger partial charge in [-0.25, -0.2) is 0 Å². The van der Waals surface area contributed by atoms with Crippen molar-refractivity contribution in [2.45, 2.75) is 32.4 Å². The molecule has 2 aromatic rings. The van der Waals surface area contributed by atoms with Gasteiger partial charge in [-0.2, -0.15) is 0 Å². The van der Waals surface area contributed by atoms with Crippen LogP contribution in [-0.4, -0.2) is 11.4 Å². The lowest BCUT2D eigenvalue weighted by Gasteiger charge is -2.26. The van der Waals surface area contributed by atoms with E-state index < -0.39 is 5.54 Å². The molecular weight excluding hydrogens is 244 g/mol. The highest BCUT2D eigenvalue weighted by atomic mass is 32.1. The van der Waals surface area contributed by atoms with Gasteiger partial charge in [0.25, 0.3) is 0 Å². The maximum atomic E-state index is 11.3. The SMILES string of the molecule is CC(NC(C)(C)C(N)=O)c1cc2ccccc2s1. The normalized spacial score (nSPS) is 13.7. The van der Waals surface area contributed by atoms with Crippen LogP contribution < -0.4 is 11.1 Å². The van der Waals surface area contributed by atoms with E-state index in [4.69, 9.17) is 5.73 Å². The number of rotatable bonds is 4.